The lowest BCUT2D eigenvalue weighted by Crippen LogP contribution is -2.40. The van der Waals surface area contributed by atoms with Crippen molar-refractivity contribution in [2.45, 2.75) is 44.7 Å². The first-order valence-corrected chi connectivity index (χ1v) is 7.31. The molecular weight excluding hydrogens is 302 g/mol. The standard InChI is InChI=1S/C12H20BrNO4/c1-11(2,3)18-10(15)14-5-4-12(8-14)16-7-9(6-13)17-12/h9H,4-8H2,1-3H3. The number of carbonyl (C=O) groups is 1. The lowest BCUT2D eigenvalue weighted by molar-refractivity contribution is -0.153. The zero-order valence-corrected chi connectivity index (χ0v) is 12.7. The molecule has 0 bridgehead atoms. The second-order valence-corrected chi connectivity index (χ2v) is 6.42. The molecular formula is C12H20BrNO4. The summed E-state index contributed by atoms with van der Waals surface area (Å²) in [4.78, 5) is 13.6. The van der Waals surface area contributed by atoms with Crippen LogP contribution >= 0.6 is 15.9 Å². The summed E-state index contributed by atoms with van der Waals surface area (Å²) in [6.45, 7) is 7.23. The highest BCUT2D eigenvalue weighted by molar-refractivity contribution is 9.09. The number of hydrogen-bond acceptors (Lipinski definition) is 4. The number of nitrogens with zero attached hydrogens (tertiary/aromatic N) is 1. The van der Waals surface area contributed by atoms with Crippen LogP contribution in [-0.4, -0.2) is 53.5 Å². The normalized spacial score (nSPS) is 32.2. The van der Waals surface area contributed by atoms with Gasteiger partial charge < -0.3 is 19.1 Å². The smallest absolute Gasteiger partial charge is 0.410 e. The fourth-order valence-electron chi connectivity index (χ4n) is 2.14. The van der Waals surface area contributed by atoms with Gasteiger partial charge in [-0.25, -0.2) is 4.79 Å². The SMILES string of the molecule is CC(C)(C)OC(=O)N1CCC2(C1)OCC(CBr)O2. The Bertz CT molecular complexity index is 331. The van der Waals surface area contributed by atoms with Crippen LogP contribution in [0.4, 0.5) is 4.79 Å². The van der Waals surface area contributed by atoms with E-state index in [1.54, 1.807) is 4.90 Å². The minimum absolute atomic E-state index is 0.0728. The molecule has 0 radical (unpaired) electrons. The minimum atomic E-state index is -0.616. The van der Waals surface area contributed by atoms with Crippen LogP contribution in [0.15, 0.2) is 0 Å². The van der Waals surface area contributed by atoms with Crippen molar-refractivity contribution in [2.75, 3.05) is 25.0 Å². The predicted molar refractivity (Wildman–Crippen MR) is 69.8 cm³/mol. The van der Waals surface area contributed by atoms with Crippen molar-refractivity contribution >= 4 is 22.0 Å². The summed E-state index contributed by atoms with van der Waals surface area (Å²) in [5.74, 6) is -0.616. The Balaban J connectivity index is 1.91. The van der Waals surface area contributed by atoms with Crippen molar-refractivity contribution in [3.63, 3.8) is 0 Å². The fraction of sp³-hybridized carbons (Fsp3) is 0.917. The third kappa shape index (κ3) is 3.16. The number of amides is 1. The molecule has 0 aliphatic carbocycles. The van der Waals surface area contributed by atoms with Crippen LogP contribution in [-0.2, 0) is 14.2 Å². The average Bonchev–Trinajstić information content (AvgIpc) is 2.84. The average molecular weight is 322 g/mol. The van der Waals surface area contributed by atoms with Crippen LogP contribution in [0.3, 0.4) is 0 Å². The summed E-state index contributed by atoms with van der Waals surface area (Å²) >= 11 is 3.38. The number of carbonyl (C=O) groups excluding carboxylic acids is 1. The van der Waals surface area contributed by atoms with Crippen LogP contribution < -0.4 is 0 Å². The van der Waals surface area contributed by atoms with E-state index in [2.05, 4.69) is 15.9 Å². The summed E-state index contributed by atoms with van der Waals surface area (Å²) in [7, 11) is 0. The summed E-state index contributed by atoms with van der Waals surface area (Å²) in [6, 6.07) is 0. The van der Waals surface area contributed by atoms with Gasteiger partial charge in [-0.3, -0.25) is 0 Å². The Morgan fingerprint density at radius 3 is 2.83 bits per heavy atom. The van der Waals surface area contributed by atoms with Gasteiger partial charge in [0.2, 0.25) is 0 Å². The van der Waals surface area contributed by atoms with E-state index in [4.69, 9.17) is 14.2 Å². The van der Waals surface area contributed by atoms with E-state index >= 15 is 0 Å². The number of halogens is 1. The second-order valence-electron chi connectivity index (χ2n) is 5.77. The van der Waals surface area contributed by atoms with Crippen molar-refractivity contribution in [3.8, 4) is 0 Å². The van der Waals surface area contributed by atoms with Crippen LogP contribution in [0.2, 0.25) is 0 Å². The monoisotopic (exact) mass is 321 g/mol. The van der Waals surface area contributed by atoms with Crippen molar-refractivity contribution in [2.24, 2.45) is 0 Å². The molecule has 6 heteroatoms. The molecule has 2 rings (SSSR count). The highest BCUT2D eigenvalue weighted by Gasteiger charge is 2.48. The molecule has 0 N–H and O–H groups in total. The van der Waals surface area contributed by atoms with E-state index in [9.17, 15) is 4.79 Å². The lowest BCUT2D eigenvalue weighted by Gasteiger charge is -2.26. The van der Waals surface area contributed by atoms with Crippen molar-refractivity contribution in [1.29, 1.82) is 0 Å². The summed E-state index contributed by atoms with van der Waals surface area (Å²) in [5.41, 5.74) is -0.470. The van der Waals surface area contributed by atoms with Gasteiger partial charge in [0, 0.05) is 18.3 Å². The van der Waals surface area contributed by atoms with Crippen molar-refractivity contribution in [1.82, 2.24) is 4.90 Å². The van der Waals surface area contributed by atoms with Gasteiger partial charge in [-0.05, 0) is 20.8 Å². The molecule has 2 unspecified atom stereocenters. The van der Waals surface area contributed by atoms with Gasteiger partial charge in [-0.15, -0.1) is 0 Å². The summed E-state index contributed by atoms with van der Waals surface area (Å²) in [5, 5.41) is 0.751. The van der Waals surface area contributed by atoms with Gasteiger partial charge in [0.15, 0.2) is 5.79 Å². The third-order valence-electron chi connectivity index (χ3n) is 2.93. The Morgan fingerprint density at radius 1 is 1.56 bits per heavy atom. The maximum absolute atomic E-state index is 11.9. The van der Waals surface area contributed by atoms with Gasteiger partial charge in [0.05, 0.1) is 19.3 Å². The molecule has 0 aromatic carbocycles. The molecule has 1 spiro atoms. The molecule has 0 saturated carbocycles. The zero-order valence-electron chi connectivity index (χ0n) is 11.1. The van der Waals surface area contributed by atoms with E-state index in [0.29, 0.717) is 26.1 Å². The highest BCUT2D eigenvalue weighted by atomic mass is 79.9. The molecule has 0 aromatic rings. The Kier molecular flexibility index (Phi) is 3.90. The molecule has 2 aliphatic rings. The number of likely N-dealkylation sites (tertiary alicyclic amines) is 1. The molecule has 2 aliphatic heterocycles. The van der Waals surface area contributed by atoms with Gasteiger partial charge in [0.1, 0.15) is 5.60 Å². The maximum atomic E-state index is 11.9. The summed E-state index contributed by atoms with van der Waals surface area (Å²) < 4.78 is 16.9. The van der Waals surface area contributed by atoms with E-state index in [-0.39, 0.29) is 12.2 Å². The van der Waals surface area contributed by atoms with Gasteiger partial charge >= 0.3 is 6.09 Å². The molecule has 18 heavy (non-hydrogen) atoms. The Labute approximate surface area is 116 Å². The van der Waals surface area contributed by atoms with E-state index < -0.39 is 11.4 Å². The van der Waals surface area contributed by atoms with Crippen molar-refractivity contribution in [3.05, 3.63) is 0 Å². The first kappa shape index (κ1) is 14.1. The zero-order chi connectivity index (χ0) is 13.4. The van der Waals surface area contributed by atoms with E-state index in [0.717, 1.165) is 5.33 Å². The van der Waals surface area contributed by atoms with Crippen LogP contribution in [0, 0.1) is 0 Å². The van der Waals surface area contributed by atoms with Crippen molar-refractivity contribution < 1.29 is 19.0 Å². The second kappa shape index (κ2) is 4.98. The first-order valence-electron chi connectivity index (χ1n) is 6.19. The number of alkyl halides is 1. The summed E-state index contributed by atoms with van der Waals surface area (Å²) in [6.07, 6.45) is 0.480. The molecule has 104 valence electrons. The predicted octanol–water partition coefficient (Wildman–Crippen LogP) is 2.13. The Morgan fingerprint density at radius 2 is 2.28 bits per heavy atom. The first-order chi connectivity index (χ1) is 8.34. The third-order valence-corrected chi connectivity index (χ3v) is 3.65. The van der Waals surface area contributed by atoms with Crippen LogP contribution in [0.25, 0.3) is 0 Å². The molecule has 2 heterocycles. The maximum Gasteiger partial charge on any atom is 0.410 e. The van der Waals surface area contributed by atoms with Gasteiger partial charge in [-0.1, -0.05) is 15.9 Å². The topological polar surface area (TPSA) is 48.0 Å². The molecule has 2 fully saturated rings. The molecule has 1 amide bonds. The molecule has 0 aromatic heterocycles. The minimum Gasteiger partial charge on any atom is -0.444 e. The lowest BCUT2D eigenvalue weighted by atomic mass is 10.2. The van der Waals surface area contributed by atoms with E-state index in [1.807, 2.05) is 20.8 Å². The fourth-order valence-corrected chi connectivity index (χ4v) is 2.46. The number of rotatable bonds is 1. The highest BCUT2D eigenvalue weighted by Crippen LogP contribution is 2.34. The van der Waals surface area contributed by atoms with Gasteiger partial charge in [-0.2, -0.15) is 0 Å². The Hall–Kier alpha value is -0.330. The van der Waals surface area contributed by atoms with Crippen LogP contribution in [0.5, 0.6) is 0 Å². The largest absolute Gasteiger partial charge is 0.444 e. The number of ether oxygens (including phenoxy) is 3. The van der Waals surface area contributed by atoms with E-state index in [1.165, 1.54) is 0 Å². The quantitative estimate of drug-likeness (QED) is 0.694. The molecule has 2 saturated heterocycles. The number of hydrogen-bond donors (Lipinski definition) is 0. The molecule has 5 nitrogen and oxygen atoms in total. The van der Waals surface area contributed by atoms with Gasteiger partial charge in [0.25, 0.3) is 0 Å². The molecule has 2 atom stereocenters. The van der Waals surface area contributed by atoms with Crippen LogP contribution in [0.1, 0.15) is 27.2 Å².